The molecule has 78 valence electrons. The minimum absolute atomic E-state index is 0.520. The molecule has 0 aliphatic carbocycles. The van der Waals surface area contributed by atoms with Crippen LogP contribution in [0.2, 0.25) is 0 Å². The molecule has 1 aliphatic rings. The van der Waals surface area contributed by atoms with Crippen LogP contribution >= 0.6 is 0 Å². The van der Waals surface area contributed by atoms with Gasteiger partial charge in [-0.1, -0.05) is 0 Å². The Morgan fingerprint density at radius 1 is 1.53 bits per heavy atom. The molecule has 2 aromatic heterocycles. The van der Waals surface area contributed by atoms with Gasteiger partial charge in [-0.25, -0.2) is 4.98 Å². The molecule has 0 bridgehead atoms. The number of hydrogen-bond donors (Lipinski definition) is 2. The zero-order chi connectivity index (χ0) is 10.1. The molecule has 0 saturated carbocycles. The number of fused-ring (bicyclic) bond motifs is 1. The van der Waals surface area contributed by atoms with Gasteiger partial charge < -0.3 is 15.0 Å². The average molecular weight is 203 g/mol. The summed E-state index contributed by atoms with van der Waals surface area (Å²) in [6.45, 7) is 2.54. The van der Waals surface area contributed by atoms with E-state index in [0.717, 1.165) is 25.4 Å². The minimum Gasteiger partial charge on any atom is -0.378 e. The van der Waals surface area contributed by atoms with Crippen LogP contribution in [-0.4, -0.2) is 29.2 Å². The van der Waals surface area contributed by atoms with E-state index in [1.807, 2.05) is 12.3 Å². The Morgan fingerprint density at radius 3 is 3.27 bits per heavy atom. The van der Waals surface area contributed by atoms with Gasteiger partial charge in [0.1, 0.15) is 5.65 Å². The van der Waals surface area contributed by atoms with Crippen LogP contribution in [0.15, 0.2) is 24.5 Å². The number of nitrogens with one attached hydrogen (secondary N) is 2. The molecule has 0 spiro atoms. The first-order chi connectivity index (χ1) is 7.43. The Balaban J connectivity index is 1.78. The number of nitrogens with zero attached hydrogens (tertiary/aromatic N) is 1. The van der Waals surface area contributed by atoms with E-state index < -0.39 is 0 Å². The van der Waals surface area contributed by atoms with Crippen LogP contribution in [0.4, 0.5) is 0 Å². The highest BCUT2D eigenvalue weighted by atomic mass is 16.5. The fourth-order valence-electron chi connectivity index (χ4n) is 1.77. The summed E-state index contributed by atoms with van der Waals surface area (Å²) in [6.07, 6.45) is 3.82. The summed E-state index contributed by atoms with van der Waals surface area (Å²) in [7, 11) is 0. The van der Waals surface area contributed by atoms with Crippen molar-refractivity contribution in [2.75, 3.05) is 13.2 Å². The van der Waals surface area contributed by atoms with Crippen LogP contribution in [0.25, 0.3) is 11.0 Å². The Morgan fingerprint density at radius 2 is 2.47 bits per heavy atom. The first-order valence-electron chi connectivity index (χ1n) is 5.15. The zero-order valence-corrected chi connectivity index (χ0v) is 8.36. The summed E-state index contributed by atoms with van der Waals surface area (Å²) >= 11 is 0. The molecule has 0 amide bonds. The number of aromatic nitrogens is 2. The molecular weight excluding hydrogens is 190 g/mol. The van der Waals surface area contributed by atoms with Gasteiger partial charge in [0.2, 0.25) is 0 Å². The maximum atomic E-state index is 5.11. The Hall–Kier alpha value is -1.39. The monoisotopic (exact) mass is 203 g/mol. The summed E-state index contributed by atoms with van der Waals surface area (Å²) in [4.78, 5) is 7.42. The standard InChI is InChI=1S/C11H13N3O/c1-2-10-8(4-13-9-6-15-7-9)5-14-11(10)12-3-1/h1-3,5,9,13H,4,6-7H2,(H,12,14). The fourth-order valence-corrected chi connectivity index (χ4v) is 1.77. The molecule has 0 unspecified atom stereocenters. The number of aromatic amines is 1. The van der Waals surface area contributed by atoms with Gasteiger partial charge in [0.25, 0.3) is 0 Å². The van der Waals surface area contributed by atoms with E-state index in [9.17, 15) is 0 Å². The molecule has 1 saturated heterocycles. The average Bonchev–Trinajstić information content (AvgIpc) is 2.60. The third kappa shape index (κ3) is 1.62. The molecule has 3 heterocycles. The van der Waals surface area contributed by atoms with E-state index in [0.29, 0.717) is 6.04 Å². The number of H-pyrrole nitrogens is 1. The van der Waals surface area contributed by atoms with Crippen LogP contribution in [0.1, 0.15) is 5.56 Å². The highest BCUT2D eigenvalue weighted by Crippen LogP contribution is 2.15. The number of hydrogen-bond acceptors (Lipinski definition) is 3. The fraction of sp³-hybridized carbons (Fsp3) is 0.364. The molecule has 1 aliphatic heterocycles. The van der Waals surface area contributed by atoms with Gasteiger partial charge in [-0.05, 0) is 17.7 Å². The second-order valence-electron chi connectivity index (χ2n) is 3.83. The lowest BCUT2D eigenvalue weighted by Gasteiger charge is -2.26. The molecule has 3 rings (SSSR count). The summed E-state index contributed by atoms with van der Waals surface area (Å²) in [6, 6.07) is 4.57. The van der Waals surface area contributed by atoms with Crippen LogP contribution < -0.4 is 5.32 Å². The predicted octanol–water partition coefficient (Wildman–Crippen LogP) is 1.05. The van der Waals surface area contributed by atoms with Crippen LogP contribution in [0.5, 0.6) is 0 Å². The van der Waals surface area contributed by atoms with E-state index in [2.05, 4.69) is 21.4 Å². The summed E-state index contributed by atoms with van der Waals surface area (Å²) in [5.74, 6) is 0. The van der Waals surface area contributed by atoms with Crippen molar-refractivity contribution >= 4 is 11.0 Å². The third-order valence-electron chi connectivity index (χ3n) is 2.76. The van der Waals surface area contributed by atoms with Crippen LogP contribution in [0.3, 0.4) is 0 Å². The van der Waals surface area contributed by atoms with Crippen molar-refractivity contribution in [3.8, 4) is 0 Å². The lowest BCUT2D eigenvalue weighted by Crippen LogP contribution is -2.45. The van der Waals surface area contributed by atoms with Crippen LogP contribution in [0, 0.1) is 0 Å². The topological polar surface area (TPSA) is 49.9 Å². The van der Waals surface area contributed by atoms with Crippen molar-refractivity contribution in [1.29, 1.82) is 0 Å². The van der Waals surface area contributed by atoms with E-state index in [1.54, 1.807) is 6.20 Å². The maximum Gasteiger partial charge on any atom is 0.137 e. The van der Waals surface area contributed by atoms with Gasteiger partial charge in [0, 0.05) is 24.3 Å². The van der Waals surface area contributed by atoms with Gasteiger partial charge in [-0.2, -0.15) is 0 Å². The highest BCUT2D eigenvalue weighted by Gasteiger charge is 2.17. The molecular formula is C11H13N3O. The van der Waals surface area contributed by atoms with Crippen molar-refractivity contribution in [1.82, 2.24) is 15.3 Å². The molecule has 4 nitrogen and oxygen atoms in total. The largest absolute Gasteiger partial charge is 0.378 e. The molecule has 1 fully saturated rings. The smallest absolute Gasteiger partial charge is 0.137 e. The first kappa shape index (κ1) is 8.88. The third-order valence-corrected chi connectivity index (χ3v) is 2.76. The molecule has 2 aromatic rings. The van der Waals surface area contributed by atoms with E-state index in [1.165, 1.54) is 10.9 Å². The summed E-state index contributed by atoms with van der Waals surface area (Å²) in [5.41, 5.74) is 2.23. The first-order valence-corrected chi connectivity index (χ1v) is 5.15. The van der Waals surface area contributed by atoms with Crippen molar-refractivity contribution in [2.45, 2.75) is 12.6 Å². The summed E-state index contributed by atoms with van der Waals surface area (Å²) < 4.78 is 5.11. The van der Waals surface area contributed by atoms with Gasteiger partial charge in [0.15, 0.2) is 0 Å². The van der Waals surface area contributed by atoms with Crippen molar-refractivity contribution < 1.29 is 4.74 Å². The minimum atomic E-state index is 0.520. The molecule has 0 atom stereocenters. The number of rotatable bonds is 3. The lowest BCUT2D eigenvalue weighted by molar-refractivity contribution is -0.00574. The predicted molar refractivity (Wildman–Crippen MR) is 57.5 cm³/mol. The zero-order valence-electron chi connectivity index (χ0n) is 8.36. The van der Waals surface area contributed by atoms with Crippen molar-refractivity contribution in [3.05, 3.63) is 30.1 Å². The molecule has 2 N–H and O–H groups in total. The van der Waals surface area contributed by atoms with E-state index >= 15 is 0 Å². The molecule has 0 aromatic carbocycles. The Bertz CT molecular complexity index is 462. The van der Waals surface area contributed by atoms with E-state index in [4.69, 9.17) is 4.74 Å². The quantitative estimate of drug-likeness (QED) is 0.784. The maximum absolute atomic E-state index is 5.11. The van der Waals surface area contributed by atoms with Crippen LogP contribution in [-0.2, 0) is 11.3 Å². The summed E-state index contributed by atoms with van der Waals surface area (Å²) in [5, 5.41) is 4.64. The highest BCUT2D eigenvalue weighted by molar-refractivity contribution is 5.79. The Labute approximate surface area is 87.7 Å². The SMILES string of the molecule is c1cnc2[nH]cc(CNC3COC3)c2c1. The van der Waals surface area contributed by atoms with Gasteiger partial charge >= 0.3 is 0 Å². The van der Waals surface area contributed by atoms with Crippen molar-refractivity contribution in [2.24, 2.45) is 0 Å². The van der Waals surface area contributed by atoms with Gasteiger partial charge in [-0.15, -0.1) is 0 Å². The lowest BCUT2D eigenvalue weighted by atomic mass is 10.2. The van der Waals surface area contributed by atoms with Gasteiger partial charge in [-0.3, -0.25) is 0 Å². The van der Waals surface area contributed by atoms with Gasteiger partial charge in [0.05, 0.1) is 19.3 Å². The second-order valence-corrected chi connectivity index (χ2v) is 3.83. The van der Waals surface area contributed by atoms with E-state index in [-0.39, 0.29) is 0 Å². The second kappa shape index (κ2) is 3.64. The number of pyridine rings is 1. The molecule has 15 heavy (non-hydrogen) atoms. The molecule has 0 radical (unpaired) electrons. The molecule has 4 heteroatoms. The number of ether oxygens (including phenoxy) is 1. The van der Waals surface area contributed by atoms with Crippen molar-refractivity contribution in [3.63, 3.8) is 0 Å². The normalized spacial score (nSPS) is 16.8. The Kier molecular flexibility index (Phi) is 2.16.